The molecule has 2 unspecified atom stereocenters. The Hall–Kier alpha value is -5.05. The van der Waals surface area contributed by atoms with Crippen molar-refractivity contribution in [1.82, 2.24) is 0 Å². The van der Waals surface area contributed by atoms with E-state index in [9.17, 15) is 18.4 Å². The molecule has 0 aromatic heterocycles. The van der Waals surface area contributed by atoms with Gasteiger partial charge in [0.05, 0.1) is 11.3 Å². The number of carbonyl (C=O) groups excluding carboxylic acids is 2. The van der Waals surface area contributed by atoms with Gasteiger partial charge in [0.2, 0.25) is 6.10 Å². The van der Waals surface area contributed by atoms with Crippen molar-refractivity contribution in [2.24, 2.45) is 5.10 Å². The Morgan fingerprint density at radius 1 is 0.882 bits per heavy atom. The molecule has 5 rings (SSSR count). The third-order valence-electron chi connectivity index (χ3n) is 9.95. The topological polar surface area (TPSA) is 80.2 Å². The molecule has 9 heteroatoms. The lowest BCUT2D eigenvalue weighted by Crippen LogP contribution is -2.37. The smallest absolute Gasteiger partial charge is 0.294 e. The summed E-state index contributed by atoms with van der Waals surface area (Å²) in [6.07, 6.45) is 0.165. The summed E-state index contributed by atoms with van der Waals surface area (Å²) in [6.45, 7) is 16.9. The van der Waals surface area contributed by atoms with Crippen LogP contribution in [-0.2, 0) is 20.4 Å². The van der Waals surface area contributed by atoms with Crippen LogP contribution in [0.15, 0.2) is 90.0 Å². The fourth-order valence-corrected chi connectivity index (χ4v) is 5.77. The minimum absolute atomic E-state index is 0.000310. The number of hydrogen-bond acceptors (Lipinski definition) is 5. The average Bonchev–Trinajstić information content (AvgIpc) is 3.42. The Morgan fingerprint density at radius 3 is 2.10 bits per heavy atom. The number of amides is 2. The van der Waals surface area contributed by atoms with E-state index in [4.69, 9.17) is 9.47 Å². The molecule has 0 bridgehead atoms. The Labute approximate surface area is 299 Å². The van der Waals surface area contributed by atoms with Gasteiger partial charge >= 0.3 is 0 Å². The third-order valence-corrected chi connectivity index (χ3v) is 9.95. The first-order valence-corrected chi connectivity index (χ1v) is 17.5. The second kappa shape index (κ2) is 15.1. The molecule has 51 heavy (non-hydrogen) atoms. The number of nitrogens with zero attached hydrogens (tertiary/aromatic N) is 2. The first-order valence-electron chi connectivity index (χ1n) is 17.5. The number of nitrogens with one attached hydrogen (secondary N) is 1. The molecule has 268 valence electrons. The van der Waals surface area contributed by atoms with Crippen molar-refractivity contribution in [1.29, 1.82) is 0 Å². The van der Waals surface area contributed by atoms with Crippen LogP contribution in [0.1, 0.15) is 90.0 Å². The van der Waals surface area contributed by atoms with E-state index in [1.165, 1.54) is 11.6 Å². The van der Waals surface area contributed by atoms with Crippen molar-refractivity contribution in [3.05, 3.63) is 119 Å². The molecular weight excluding hydrogens is 648 g/mol. The molecule has 0 aliphatic carbocycles. The van der Waals surface area contributed by atoms with Crippen LogP contribution in [0.3, 0.4) is 0 Å². The van der Waals surface area contributed by atoms with Crippen molar-refractivity contribution in [2.45, 2.75) is 97.7 Å². The Morgan fingerprint density at radius 2 is 1.51 bits per heavy atom. The van der Waals surface area contributed by atoms with Crippen molar-refractivity contribution in [3.8, 4) is 11.5 Å². The number of ether oxygens (including phenoxy) is 2. The van der Waals surface area contributed by atoms with Gasteiger partial charge in [-0.3, -0.25) is 9.59 Å². The monoisotopic (exact) mass is 695 g/mol. The van der Waals surface area contributed by atoms with Gasteiger partial charge in [0.1, 0.15) is 28.8 Å². The molecule has 0 saturated heterocycles. The highest BCUT2D eigenvalue weighted by Crippen LogP contribution is 2.39. The predicted molar refractivity (Wildman–Crippen MR) is 199 cm³/mol. The van der Waals surface area contributed by atoms with Crippen LogP contribution in [0.25, 0.3) is 0 Å². The minimum atomic E-state index is -1.40. The zero-order valence-corrected chi connectivity index (χ0v) is 30.6. The van der Waals surface area contributed by atoms with Crippen LogP contribution in [0.2, 0.25) is 0 Å². The predicted octanol–water partition coefficient (Wildman–Crippen LogP) is 9.64. The molecule has 1 aliphatic heterocycles. The van der Waals surface area contributed by atoms with Gasteiger partial charge < -0.3 is 14.8 Å². The van der Waals surface area contributed by atoms with Crippen molar-refractivity contribution >= 4 is 28.9 Å². The van der Waals surface area contributed by atoms with Gasteiger partial charge in [-0.2, -0.15) is 10.1 Å². The molecule has 2 amide bonds. The Balaban J connectivity index is 1.37. The van der Waals surface area contributed by atoms with Crippen LogP contribution in [0.5, 0.6) is 11.5 Å². The van der Waals surface area contributed by atoms with E-state index in [0.29, 0.717) is 29.3 Å². The number of hydrazone groups is 1. The van der Waals surface area contributed by atoms with Crippen LogP contribution in [-0.4, -0.2) is 29.7 Å². The summed E-state index contributed by atoms with van der Waals surface area (Å²) < 4.78 is 42.3. The molecule has 7 nitrogen and oxygen atoms in total. The second-order valence-corrected chi connectivity index (χ2v) is 14.3. The number of hydrogen-bond donors (Lipinski definition) is 1. The SMILES string of the molecule is CCC(Oc1ccc(C(C)(C)CC)cc1C(C)(C)CC)C(=O)Nc1ccc(N2N=C(c3c(F)cccc3F)C(Oc3ccc(C)cc3)C2=O)cc1. The van der Waals surface area contributed by atoms with Crippen molar-refractivity contribution in [2.75, 3.05) is 10.3 Å². The highest BCUT2D eigenvalue weighted by atomic mass is 19.1. The molecule has 0 radical (unpaired) electrons. The number of benzene rings is 4. The van der Waals surface area contributed by atoms with E-state index in [1.807, 2.05) is 32.0 Å². The van der Waals surface area contributed by atoms with E-state index in [0.717, 1.165) is 41.1 Å². The van der Waals surface area contributed by atoms with Crippen molar-refractivity contribution < 1.29 is 27.8 Å². The molecule has 0 saturated carbocycles. The molecule has 0 fully saturated rings. The Kier molecular flexibility index (Phi) is 11.0. The first kappa shape index (κ1) is 37.2. The zero-order chi connectivity index (χ0) is 37.1. The maximum Gasteiger partial charge on any atom is 0.294 e. The normalized spacial score (nSPS) is 15.4. The molecule has 0 spiro atoms. The molecule has 1 N–H and O–H groups in total. The largest absolute Gasteiger partial charge is 0.480 e. The van der Waals surface area contributed by atoms with Crippen LogP contribution < -0.4 is 19.8 Å². The highest BCUT2D eigenvalue weighted by Gasteiger charge is 2.42. The summed E-state index contributed by atoms with van der Waals surface area (Å²) in [5.41, 5.74) is 3.28. The van der Waals surface area contributed by atoms with Crippen LogP contribution >= 0.6 is 0 Å². The van der Waals surface area contributed by atoms with Crippen LogP contribution in [0, 0.1) is 18.6 Å². The lowest BCUT2D eigenvalue weighted by Gasteiger charge is -2.31. The highest BCUT2D eigenvalue weighted by molar-refractivity contribution is 6.24. The van der Waals surface area contributed by atoms with E-state index >= 15 is 0 Å². The van der Waals surface area contributed by atoms with Crippen molar-refractivity contribution in [3.63, 3.8) is 0 Å². The van der Waals surface area contributed by atoms with Gasteiger partial charge in [0.15, 0.2) is 6.10 Å². The fourth-order valence-electron chi connectivity index (χ4n) is 5.77. The van der Waals surface area contributed by atoms with E-state index in [2.05, 4.69) is 64.1 Å². The molecule has 4 aromatic rings. The standard InChI is InChI=1S/C42H47F2N3O4/c1-9-34(51-35-24-17-27(41(5,6)10-2)25-31(35)42(7,8)11-3)39(48)45-28-18-20-29(21-19-28)47-40(49)38(50-30-22-15-26(4)16-23-30)37(46-47)36-32(43)13-12-14-33(36)44/h12-25,34,38H,9-11H2,1-8H3,(H,45,48). The molecule has 1 heterocycles. The lowest BCUT2D eigenvalue weighted by atomic mass is 9.76. The van der Waals surface area contributed by atoms with Gasteiger partial charge in [-0.25, -0.2) is 8.78 Å². The van der Waals surface area contributed by atoms with Gasteiger partial charge in [0.25, 0.3) is 11.8 Å². The Bertz CT molecular complexity index is 1900. The van der Waals surface area contributed by atoms with Gasteiger partial charge in [0, 0.05) is 11.3 Å². The van der Waals surface area contributed by atoms with Crippen LogP contribution in [0.4, 0.5) is 20.2 Å². The molecular formula is C42H47F2N3O4. The fraction of sp³-hybridized carbons (Fsp3) is 0.357. The molecule has 2 atom stereocenters. The number of halogens is 2. The first-order chi connectivity index (χ1) is 24.2. The third kappa shape index (κ3) is 7.98. The summed E-state index contributed by atoms with van der Waals surface area (Å²) in [7, 11) is 0. The van der Waals surface area contributed by atoms with Gasteiger partial charge in [-0.05, 0) is 97.2 Å². The maximum atomic E-state index is 15.0. The number of anilines is 2. The van der Waals surface area contributed by atoms with Gasteiger partial charge in [-0.1, -0.05) is 84.4 Å². The summed E-state index contributed by atoms with van der Waals surface area (Å²) in [4.78, 5) is 27.3. The summed E-state index contributed by atoms with van der Waals surface area (Å²) in [5.74, 6) is -1.63. The summed E-state index contributed by atoms with van der Waals surface area (Å²) >= 11 is 0. The van der Waals surface area contributed by atoms with E-state index in [-0.39, 0.29) is 22.4 Å². The second-order valence-electron chi connectivity index (χ2n) is 14.3. The molecule has 1 aliphatic rings. The number of rotatable bonds is 13. The van der Waals surface area contributed by atoms with E-state index < -0.39 is 35.3 Å². The van der Waals surface area contributed by atoms with E-state index in [1.54, 1.807) is 36.4 Å². The lowest BCUT2D eigenvalue weighted by molar-refractivity contribution is -0.123. The quantitative estimate of drug-likeness (QED) is 0.151. The zero-order valence-electron chi connectivity index (χ0n) is 30.6. The minimum Gasteiger partial charge on any atom is -0.480 e. The number of carbonyl (C=O) groups is 2. The summed E-state index contributed by atoms with van der Waals surface area (Å²) in [5, 5.41) is 8.34. The summed E-state index contributed by atoms with van der Waals surface area (Å²) in [6, 6.07) is 23.2. The maximum absolute atomic E-state index is 15.0. The average molecular weight is 696 g/mol. The molecule has 4 aromatic carbocycles. The number of aryl methyl sites for hydroxylation is 1. The van der Waals surface area contributed by atoms with Gasteiger partial charge in [-0.15, -0.1) is 0 Å².